The topological polar surface area (TPSA) is 78.3 Å². The van der Waals surface area contributed by atoms with Crippen molar-refractivity contribution in [2.24, 2.45) is 11.5 Å². The third-order valence-corrected chi connectivity index (χ3v) is 3.18. The van der Waals surface area contributed by atoms with E-state index in [9.17, 15) is 4.79 Å². The van der Waals surface area contributed by atoms with Crippen LogP contribution in [-0.2, 0) is 0 Å². The van der Waals surface area contributed by atoms with Crippen molar-refractivity contribution in [1.29, 1.82) is 0 Å². The van der Waals surface area contributed by atoms with Crippen LogP contribution < -0.4 is 16.2 Å². The normalized spacial score (nSPS) is 23.6. The van der Waals surface area contributed by atoms with Crippen molar-refractivity contribution in [2.45, 2.75) is 38.3 Å². The summed E-state index contributed by atoms with van der Waals surface area (Å²) >= 11 is 0. The highest BCUT2D eigenvalue weighted by Crippen LogP contribution is 2.27. The molecule has 0 bridgehead atoms. The SMILES string of the molecule is Cc1ccc(C(N)=O)c(OC2CCCC2N)c1. The molecule has 4 heteroatoms. The number of rotatable bonds is 3. The van der Waals surface area contributed by atoms with E-state index < -0.39 is 5.91 Å². The molecule has 0 spiro atoms. The van der Waals surface area contributed by atoms with E-state index in [4.69, 9.17) is 16.2 Å². The minimum absolute atomic E-state index is 0.00472. The van der Waals surface area contributed by atoms with Crippen LogP contribution in [0.5, 0.6) is 5.75 Å². The highest BCUT2D eigenvalue weighted by molar-refractivity contribution is 5.95. The van der Waals surface area contributed by atoms with Gasteiger partial charge in [0.15, 0.2) is 0 Å². The number of carbonyl (C=O) groups is 1. The average Bonchev–Trinajstić information content (AvgIpc) is 2.64. The first kappa shape index (κ1) is 11.9. The van der Waals surface area contributed by atoms with E-state index >= 15 is 0 Å². The zero-order valence-electron chi connectivity index (χ0n) is 9.98. The van der Waals surface area contributed by atoms with Gasteiger partial charge in [0.05, 0.1) is 5.56 Å². The van der Waals surface area contributed by atoms with Gasteiger partial charge in [0.1, 0.15) is 11.9 Å². The first-order chi connectivity index (χ1) is 8.08. The Morgan fingerprint density at radius 2 is 2.18 bits per heavy atom. The maximum Gasteiger partial charge on any atom is 0.252 e. The van der Waals surface area contributed by atoms with Crippen LogP contribution in [0.1, 0.15) is 35.2 Å². The highest BCUT2D eigenvalue weighted by atomic mass is 16.5. The van der Waals surface area contributed by atoms with Crippen molar-refractivity contribution in [3.63, 3.8) is 0 Å². The number of amides is 1. The Bertz CT molecular complexity index is 431. The molecular weight excluding hydrogens is 216 g/mol. The van der Waals surface area contributed by atoms with Gasteiger partial charge < -0.3 is 16.2 Å². The number of hydrogen-bond donors (Lipinski definition) is 2. The van der Waals surface area contributed by atoms with Gasteiger partial charge in [0.25, 0.3) is 5.91 Å². The summed E-state index contributed by atoms with van der Waals surface area (Å²) in [5.41, 5.74) is 12.7. The molecule has 4 N–H and O–H groups in total. The van der Waals surface area contributed by atoms with Gasteiger partial charge >= 0.3 is 0 Å². The van der Waals surface area contributed by atoms with Gasteiger partial charge in [-0.3, -0.25) is 4.79 Å². The molecule has 17 heavy (non-hydrogen) atoms. The quantitative estimate of drug-likeness (QED) is 0.828. The van der Waals surface area contributed by atoms with Crippen molar-refractivity contribution in [2.75, 3.05) is 0 Å². The Labute approximate surface area is 101 Å². The van der Waals surface area contributed by atoms with Crippen molar-refractivity contribution in [3.05, 3.63) is 29.3 Å². The van der Waals surface area contributed by atoms with Crippen LogP contribution in [0, 0.1) is 6.92 Å². The van der Waals surface area contributed by atoms with E-state index in [0.29, 0.717) is 11.3 Å². The second-order valence-electron chi connectivity index (χ2n) is 4.61. The molecular formula is C13H18N2O2. The molecule has 0 aromatic heterocycles. The smallest absolute Gasteiger partial charge is 0.252 e. The van der Waals surface area contributed by atoms with Gasteiger partial charge in [-0.1, -0.05) is 6.07 Å². The summed E-state index contributed by atoms with van der Waals surface area (Å²) in [6, 6.07) is 5.44. The summed E-state index contributed by atoms with van der Waals surface area (Å²) in [5.74, 6) is 0.0893. The maximum absolute atomic E-state index is 11.3. The van der Waals surface area contributed by atoms with Gasteiger partial charge in [-0.05, 0) is 43.9 Å². The van der Waals surface area contributed by atoms with E-state index in [1.807, 2.05) is 19.1 Å². The summed E-state index contributed by atoms with van der Waals surface area (Å²) in [6.07, 6.45) is 2.98. The summed E-state index contributed by atoms with van der Waals surface area (Å²) in [4.78, 5) is 11.3. The molecule has 1 aliphatic carbocycles. The van der Waals surface area contributed by atoms with Crippen LogP contribution in [0.4, 0.5) is 0 Å². The molecule has 2 atom stereocenters. The number of aryl methyl sites for hydroxylation is 1. The van der Waals surface area contributed by atoms with E-state index in [0.717, 1.165) is 24.8 Å². The molecule has 0 heterocycles. The second-order valence-corrected chi connectivity index (χ2v) is 4.61. The number of hydrogen-bond acceptors (Lipinski definition) is 3. The summed E-state index contributed by atoms with van der Waals surface area (Å²) in [6.45, 7) is 1.95. The number of nitrogens with two attached hydrogens (primary N) is 2. The lowest BCUT2D eigenvalue weighted by Gasteiger charge is -2.19. The molecule has 4 nitrogen and oxygen atoms in total. The fraction of sp³-hybridized carbons (Fsp3) is 0.462. The third-order valence-electron chi connectivity index (χ3n) is 3.18. The molecule has 1 aliphatic rings. The fourth-order valence-corrected chi connectivity index (χ4v) is 2.19. The fourth-order valence-electron chi connectivity index (χ4n) is 2.19. The summed E-state index contributed by atoms with van der Waals surface area (Å²) < 4.78 is 5.84. The maximum atomic E-state index is 11.3. The Morgan fingerprint density at radius 1 is 1.41 bits per heavy atom. The van der Waals surface area contributed by atoms with Crippen LogP contribution in [0.15, 0.2) is 18.2 Å². The van der Waals surface area contributed by atoms with Crippen molar-refractivity contribution < 1.29 is 9.53 Å². The predicted octanol–water partition coefficient (Wildman–Crippen LogP) is 1.35. The Morgan fingerprint density at radius 3 is 2.76 bits per heavy atom. The molecule has 1 fully saturated rings. The Balaban J connectivity index is 2.24. The van der Waals surface area contributed by atoms with E-state index in [1.54, 1.807) is 6.07 Å². The first-order valence-electron chi connectivity index (χ1n) is 5.90. The molecule has 0 saturated heterocycles. The number of benzene rings is 1. The molecule has 1 aromatic rings. The standard InChI is InChI=1S/C13H18N2O2/c1-8-5-6-9(13(15)16)12(7-8)17-11-4-2-3-10(11)14/h5-7,10-11H,2-4,14H2,1H3,(H2,15,16). The minimum atomic E-state index is -0.466. The van der Waals surface area contributed by atoms with E-state index in [1.165, 1.54) is 0 Å². The van der Waals surface area contributed by atoms with Gasteiger partial charge in [0.2, 0.25) is 0 Å². The Hall–Kier alpha value is -1.55. The lowest BCUT2D eigenvalue weighted by molar-refractivity contribution is 0.0992. The number of ether oxygens (including phenoxy) is 1. The largest absolute Gasteiger partial charge is 0.488 e. The van der Waals surface area contributed by atoms with Crippen LogP contribution >= 0.6 is 0 Å². The second kappa shape index (κ2) is 4.75. The zero-order valence-corrected chi connectivity index (χ0v) is 9.98. The average molecular weight is 234 g/mol. The van der Waals surface area contributed by atoms with Crippen LogP contribution in [0.2, 0.25) is 0 Å². The predicted molar refractivity (Wildman–Crippen MR) is 65.9 cm³/mol. The zero-order chi connectivity index (χ0) is 12.4. The lowest BCUT2D eigenvalue weighted by atomic mass is 10.1. The van der Waals surface area contributed by atoms with Crippen molar-refractivity contribution >= 4 is 5.91 Å². The van der Waals surface area contributed by atoms with Gasteiger partial charge in [-0.2, -0.15) is 0 Å². The molecule has 92 valence electrons. The molecule has 1 amide bonds. The monoisotopic (exact) mass is 234 g/mol. The van der Waals surface area contributed by atoms with E-state index in [-0.39, 0.29) is 12.1 Å². The molecule has 2 rings (SSSR count). The molecule has 0 radical (unpaired) electrons. The summed E-state index contributed by atoms with van der Waals surface area (Å²) in [7, 11) is 0. The Kier molecular flexibility index (Phi) is 3.33. The molecule has 2 unspecified atom stereocenters. The van der Waals surface area contributed by atoms with Gasteiger partial charge in [-0.25, -0.2) is 0 Å². The number of carbonyl (C=O) groups excluding carboxylic acids is 1. The first-order valence-corrected chi connectivity index (χ1v) is 5.90. The van der Waals surface area contributed by atoms with Gasteiger partial charge in [-0.15, -0.1) is 0 Å². The third kappa shape index (κ3) is 2.58. The number of primary amides is 1. The van der Waals surface area contributed by atoms with Crippen LogP contribution in [0.25, 0.3) is 0 Å². The minimum Gasteiger partial charge on any atom is -0.488 e. The van der Waals surface area contributed by atoms with Crippen molar-refractivity contribution in [1.82, 2.24) is 0 Å². The summed E-state index contributed by atoms with van der Waals surface area (Å²) in [5, 5.41) is 0. The lowest BCUT2D eigenvalue weighted by Crippen LogP contribution is -2.34. The van der Waals surface area contributed by atoms with Crippen molar-refractivity contribution in [3.8, 4) is 5.75 Å². The highest BCUT2D eigenvalue weighted by Gasteiger charge is 2.26. The van der Waals surface area contributed by atoms with E-state index in [2.05, 4.69) is 0 Å². The van der Waals surface area contributed by atoms with Crippen LogP contribution in [0.3, 0.4) is 0 Å². The molecule has 1 saturated carbocycles. The van der Waals surface area contributed by atoms with Gasteiger partial charge in [0, 0.05) is 6.04 Å². The van der Waals surface area contributed by atoms with Crippen LogP contribution in [-0.4, -0.2) is 18.1 Å². The molecule has 1 aromatic carbocycles. The molecule has 0 aliphatic heterocycles.